The molecule has 0 aliphatic heterocycles. The number of halogens is 1. The SMILES string of the molecule is CCn1c(-c2ccc(C)cc2)nn(CC#CI)c1=O. The zero-order valence-electron chi connectivity index (χ0n) is 10.9. The first kappa shape index (κ1) is 13.9. The second-order valence-electron chi connectivity index (χ2n) is 4.15. The van der Waals surface area contributed by atoms with Crippen molar-refractivity contribution >= 4 is 22.6 Å². The van der Waals surface area contributed by atoms with E-state index >= 15 is 0 Å². The van der Waals surface area contributed by atoms with E-state index in [0.29, 0.717) is 18.9 Å². The maximum absolute atomic E-state index is 12.2. The highest BCUT2D eigenvalue weighted by molar-refractivity contribution is 14.1. The van der Waals surface area contributed by atoms with Gasteiger partial charge in [0.25, 0.3) is 0 Å². The molecule has 0 unspecified atom stereocenters. The fraction of sp³-hybridized carbons (Fsp3) is 0.286. The second-order valence-corrected chi connectivity index (χ2v) is 4.68. The molecule has 2 rings (SSSR count). The maximum atomic E-state index is 12.2. The van der Waals surface area contributed by atoms with Gasteiger partial charge in [-0.05, 0) is 17.8 Å². The molecule has 1 aromatic carbocycles. The van der Waals surface area contributed by atoms with Crippen molar-refractivity contribution in [2.24, 2.45) is 0 Å². The minimum atomic E-state index is -0.114. The van der Waals surface area contributed by atoms with Crippen molar-refractivity contribution in [2.75, 3.05) is 0 Å². The van der Waals surface area contributed by atoms with Gasteiger partial charge < -0.3 is 0 Å². The summed E-state index contributed by atoms with van der Waals surface area (Å²) in [6.07, 6.45) is 0. The van der Waals surface area contributed by atoms with E-state index in [1.165, 1.54) is 10.2 Å². The minimum Gasteiger partial charge on any atom is -0.275 e. The van der Waals surface area contributed by atoms with Gasteiger partial charge in [0.2, 0.25) is 0 Å². The van der Waals surface area contributed by atoms with Crippen LogP contribution in [0.3, 0.4) is 0 Å². The van der Waals surface area contributed by atoms with Crippen LogP contribution in [0.25, 0.3) is 11.4 Å². The quantitative estimate of drug-likeness (QED) is 0.618. The zero-order valence-corrected chi connectivity index (χ0v) is 13.0. The number of aryl methyl sites for hydroxylation is 1. The van der Waals surface area contributed by atoms with E-state index in [0.717, 1.165) is 5.56 Å². The smallest absolute Gasteiger partial charge is 0.275 e. The van der Waals surface area contributed by atoms with Crippen molar-refractivity contribution in [3.8, 4) is 21.2 Å². The van der Waals surface area contributed by atoms with Gasteiger partial charge in [-0.1, -0.05) is 35.7 Å². The molecule has 0 fully saturated rings. The topological polar surface area (TPSA) is 39.8 Å². The highest BCUT2D eigenvalue weighted by atomic mass is 127. The van der Waals surface area contributed by atoms with E-state index in [1.807, 2.05) is 60.7 Å². The Bertz CT molecular complexity index is 686. The summed E-state index contributed by atoms with van der Waals surface area (Å²) in [5.41, 5.74) is 2.02. The Morgan fingerprint density at radius 1 is 1.32 bits per heavy atom. The highest BCUT2D eigenvalue weighted by Gasteiger charge is 2.12. The van der Waals surface area contributed by atoms with Crippen LogP contribution >= 0.6 is 22.6 Å². The summed E-state index contributed by atoms with van der Waals surface area (Å²) in [7, 11) is 0. The predicted octanol–water partition coefficient (Wildman–Crippen LogP) is 2.44. The molecule has 1 aromatic heterocycles. The summed E-state index contributed by atoms with van der Waals surface area (Å²) < 4.78 is 5.82. The van der Waals surface area contributed by atoms with Crippen LogP contribution < -0.4 is 5.69 Å². The van der Waals surface area contributed by atoms with Gasteiger partial charge in [-0.3, -0.25) is 4.57 Å². The van der Waals surface area contributed by atoms with E-state index in [4.69, 9.17) is 0 Å². The van der Waals surface area contributed by atoms with Gasteiger partial charge in [0.05, 0.1) is 0 Å². The van der Waals surface area contributed by atoms with Gasteiger partial charge in [-0.15, -0.1) is 5.10 Å². The minimum absolute atomic E-state index is 0.114. The zero-order chi connectivity index (χ0) is 13.8. The second kappa shape index (κ2) is 6.06. The van der Waals surface area contributed by atoms with Crippen molar-refractivity contribution in [1.82, 2.24) is 14.3 Å². The van der Waals surface area contributed by atoms with Gasteiger partial charge in [-0.2, -0.15) is 0 Å². The number of hydrogen-bond donors (Lipinski definition) is 0. The first-order chi connectivity index (χ1) is 9.17. The molecule has 0 N–H and O–H groups in total. The normalized spacial score (nSPS) is 10.1. The lowest BCUT2D eigenvalue weighted by atomic mass is 10.1. The molecular formula is C14H14IN3O. The van der Waals surface area contributed by atoms with Crippen molar-refractivity contribution < 1.29 is 0 Å². The largest absolute Gasteiger partial charge is 0.347 e. The summed E-state index contributed by atoms with van der Waals surface area (Å²) in [6.45, 7) is 4.90. The van der Waals surface area contributed by atoms with Crippen LogP contribution in [0.15, 0.2) is 29.1 Å². The van der Waals surface area contributed by atoms with Gasteiger partial charge in [0, 0.05) is 34.7 Å². The van der Waals surface area contributed by atoms with E-state index in [1.54, 1.807) is 4.57 Å². The van der Waals surface area contributed by atoms with Gasteiger partial charge in [-0.25, -0.2) is 9.48 Å². The summed E-state index contributed by atoms with van der Waals surface area (Å²) >= 11 is 1.95. The lowest BCUT2D eigenvalue weighted by Gasteiger charge is -2.02. The van der Waals surface area contributed by atoms with Crippen molar-refractivity contribution in [3.05, 3.63) is 40.3 Å². The third-order valence-electron chi connectivity index (χ3n) is 2.84. The Hall–Kier alpha value is -1.55. The van der Waals surface area contributed by atoms with Crippen LogP contribution in [-0.4, -0.2) is 14.3 Å². The molecule has 5 heteroatoms. The third-order valence-corrected chi connectivity index (χ3v) is 3.23. The summed E-state index contributed by atoms with van der Waals surface area (Å²) in [5.74, 6) is 3.55. The van der Waals surface area contributed by atoms with Crippen molar-refractivity contribution in [2.45, 2.75) is 26.9 Å². The molecule has 0 bridgehead atoms. The Morgan fingerprint density at radius 2 is 2.00 bits per heavy atom. The molecule has 98 valence electrons. The molecular weight excluding hydrogens is 353 g/mol. The van der Waals surface area contributed by atoms with Crippen molar-refractivity contribution in [1.29, 1.82) is 0 Å². The molecule has 0 saturated carbocycles. The molecule has 0 atom stereocenters. The average molecular weight is 367 g/mol. The van der Waals surface area contributed by atoms with Crippen LogP contribution in [0.5, 0.6) is 0 Å². The van der Waals surface area contributed by atoms with Crippen LogP contribution in [0.2, 0.25) is 0 Å². The van der Waals surface area contributed by atoms with Crippen LogP contribution in [0.1, 0.15) is 12.5 Å². The molecule has 0 amide bonds. The molecule has 0 spiro atoms. The van der Waals surface area contributed by atoms with E-state index in [2.05, 4.69) is 14.9 Å². The van der Waals surface area contributed by atoms with Crippen molar-refractivity contribution in [3.63, 3.8) is 0 Å². The molecule has 0 radical (unpaired) electrons. The first-order valence-electron chi connectivity index (χ1n) is 6.00. The lowest BCUT2D eigenvalue weighted by molar-refractivity contribution is 0.649. The lowest BCUT2D eigenvalue weighted by Crippen LogP contribution is -2.24. The summed E-state index contributed by atoms with van der Waals surface area (Å²) in [4.78, 5) is 12.2. The van der Waals surface area contributed by atoms with Gasteiger partial charge in [0.15, 0.2) is 5.82 Å². The average Bonchev–Trinajstić information content (AvgIpc) is 2.73. The molecule has 4 nitrogen and oxygen atoms in total. The first-order valence-corrected chi connectivity index (χ1v) is 7.08. The fourth-order valence-electron chi connectivity index (χ4n) is 1.85. The number of rotatable bonds is 3. The van der Waals surface area contributed by atoms with E-state index < -0.39 is 0 Å². The molecule has 1 heterocycles. The maximum Gasteiger partial charge on any atom is 0.347 e. The number of nitrogens with zero attached hydrogens (tertiary/aromatic N) is 3. The monoisotopic (exact) mass is 367 g/mol. The van der Waals surface area contributed by atoms with E-state index in [-0.39, 0.29) is 5.69 Å². The fourth-order valence-corrected chi connectivity index (χ4v) is 2.02. The highest BCUT2D eigenvalue weighted by Crippen LogP contribution is 2.16. The number of benzene rings is 1. The predicted molar refractivity (Wildman–Crippen MR) is 84.1 cm³/mol. The third kappa shape index (κ3) is 2.89. The van der Waals surface area contributed by atoms with Gasteiger partial charge in [0.1, 0.15) is 6.54 Å². The number of hydrogen-bond acceptors (Lipinski definition) is 2. The van der Waals surface area contributed by atoms with E-state index in [9.17, 15) is 4.79 Å². The molecule has 0 aliphatic carbocycles. The van der Waals surface area contributed by atoms with Crippen LogP contribution in [-0.2, 0) is 13.1 Å². The van der Waals surface area contributed by atoms with Crippen LogP contribution in [0, 0.1) is 16.8 Å². The van der Waals surface area contributed by atoms with Gasteiger partial charge >= 0.3 is 5.69 Å². The molecule has 19 heavy (non-hydrogen) atoms. The molecule has 0 aliphatic rings. The Balaban J connectivity index is 2.52. The molecule has 2 aromatic rings. The summed E-state index contributed by atoms with van der Waals surface area (Å²) in [5, 5.41) is 4.38. The Labute approximate surface area is 125 Å². The standard InChI is InChI=1S/C14H14IN3O/c1-3-17-13(12-7-5-11(2)6-8-12)16-18(14(17)19)10-4-9-15/h5-8H,3,10H2,1-2H3. The number of aromatic nitrogens is 3. The Morgan fingerprint density at radius 3 is 2.58 bits per heavy atom. The summed E-state index contributed by atoms with van der Waals surface area (Å²) in [6, 6.07) is 8.00. The van der Waals surface area contributed by atoms with Crippen LogP contribution in [0.4, 0.5) is 0 Å². The molecule has 0 saturated heterocycles. The Kier molecular flexibility index (Phi) is 4.43.